The van der Waals surface area contributed by atoms with Crippen LogP contribution in [0, 0.1) is 11.7 Å². The topological polar surface area (TPSA) is 91.4 Å². The molecule has 128 valence electrons. The van der Waals surface area contributed by atoms with Gasteiger partial charge in [0, 0.05) is 22.4 Å². The SMILES string of the molecule is O=C(NC(C(=O)O)C1CCCOC1)c1cc2c(F)cc(Br)cc2[nH]1. The van der Waals surface area contributed by atoms with Crippen LogP contribution >= 0.6 is 15.9 Å². The van der Waals surface area contributed by atoms with Crippen molar-refractivity contribution in [1.29, 1.82) is 0 Å². The number of carbonyl (C=O) groups excluding carboxylic acids is 1. The number of aromatic amines is 1. The van der Waals surface area contributed by atoms with Crippen molar-refractivity contribution < 1.29 is 23.8 Å². The molecule has 1 aliphatic heterocycles. The van der Waals surface area contributed by atoms with Gasteiger partial charge in [-0.3, -0.25) is 4.79 Å². The number of hydrogen-bond acceptors (Lipinski definition) is 3. The molecule has 0 saturated carbocycles. The Morgan fingerprint density at radius 1 is 1.42 bits per heavy atom. The van der Waals surface area contributed by atoms with E-state index in [2.05, 4.69) is 26.2 Å². The minimum Gasteiger partial charge on any atom is -0.480 e. The van der Waals surface area contributed by atoms with Crippen LogP contribution in [0.5, 0.6) is 0 Å². The first-order valence-electron chi connectivity index (χ1n) is 7.55. The third kappa shape index (κ3) is 3.44. The first kappa shape index (κ1) is 16.9. The fraction of sp³-hybridized carbons (Fsp3) is 0.375. The highest BCUT2D eigenvalue weighted by Crippen LogP contribution is 2.24. The monoisotopic (exact) mass is 398 g/mol. The molecular weight excluding hydrogens is 383 g/mol. The Hall–Kier alpha value is -1.93. The van der Waals surface area contributed by atoms with E-state index >= 15 is 0 Å². The summed E-state index contributed by atoms with van der Waals surface area (Å²) in [6.07, 6.45) is 1.43. The summed E-state index contributed by atoms with van der Waals surface area (Å²) in [6.45, 7) is 0.901. The largest absolute Gasteiger partial charge is 0.480 e. The van der Waals surface area contributed by atoms with Gasteiger partial charge in [0.1, 0.15) is 17.6 Å². The van der Waals surface area contributed by atoms with Crippen molar-refractivity contribution in [2.75, 3.05) is 13.2 Å². The lowest BCUT2D eigenvalue weighted by Gasteiger charge is -2.27. The van der Waals surface area contributed by atoms with E-state index in [1.807, 2.05) is 0 Å². The Labute approximate surface area is 145 Å². The maximum absolute atomic E-state index is 13.9. The van der Waals surface area contributed by atoms with Crippen LogP contribution in [0.3, 0.4) is 0 Å². The normalized spacial score (nSPS) is 19.2. The molecule has 1 aromatic heterocycles. The molecule has 1 aliphatic rings. The highest BCUT2D eigenvalue weighted by atomic mass is 79.9. The molecule has 3 N–H and O–H groups in total. The van der Waals surface area contributed by atoms with Gasteiger partial charge < -0.3 is 20.1 Å². The summed E-state index contributed by atoms with van der Waals surface area (Å²) in [5.41, 5.74) is 0.574. The Balaban J connectivity index is 1.82. The standard InChI is InChI=1S/C16H16BrFN2O4/c17-9-4-11(18)10-6-13(19-12(10)5-9)15(21)20-14(16(22)23)8-2-1-3-24-7-8/h4-6,8,14,19H,1-3,7H2,(H,20,21)(H,22,23). The number of carboxylic acids is 1. The van der Waals surface area contributed by atoms with Crippen LogP contribution in [0.4, 0.5) is 4.39 Å². The lowest BCUT2D eigenvalue weighted by atomic mass is 9.93. The van der Waals surface area contributed by atoms with Gasteiger partial charge in [-0.2, -0.15) is 0 Å². The summed E-state index contributed by atoms with van der Waals surface area (Å²) < 4.78 is 19.8. The Bertz CT molecular complexity index is 786. The van der Waals surface area contributed by atoms with Crippen LogP contribution in [0.1, 0.15) is 23.3 Å². The molecule has 2 unspecified atom stereocenters. The predicted molar refractivity (Wildman–Crippen MR) is 88.4 cm³/mol. The molecule has 0 aliphatic carbocycles. The molecule has 2 atom stereocenters. The number of H-pyrrole nitrogens is 1. The van der Waals surface area contributed by atoms with Crippen molar-refractivity contribution in [3.63, 3.8) is 0 Å². The van der Waals surface area contributed by atoms with Gasteiger partial charge >= 0.3 is 5.97 Å². The Kier molecular flexibility index (Phi) is 4.86. The molecule has 2 heterocycles. The molecule has 1 aromatic carbocycles. The van der Waals surface area contributed by atoms with Gasteiger partial charge in [-0.25, -0.2) is 9.18 Å². The van der Waals surface area contributed by atoms with Crippen LogP contribution in [0.2, 0.25) is 0 Å². The maximum atomic E-state index is 13.9. The molecule has 24 heavy (non-hydrogen) atoms. The molecule has 1 fully saturated rings. The second-order valence-corrected chi connectivity index (χ2v) is 6.71. The summed E-state index contributed by atoms with van der Waals surface area (Å²) in [5.74, 6) is -2.44. The number of carbonyl (C=O) groups is 2. The molecule has 0 bridgehead atoms. The average molecular weight is 399 g/mol. The first-order chi connectivity index (χ1) is 11.5. The number of hydrogen-bond donors (Lipinski definition) is 3. The van der Waals surface area contributed by atoms with Crippen molar-refractivity contribution in [2.24, 2.45) is 5.92 Å². The third-order valence-corrected chi connectivity index (χ3v) is 4.57. The van der Waals surface area contributed by atoms with Crippen molar-refractivity contribution in [1.82, 2.24) is 10.3 Å². The van der Waals surface area contributed by atoms with Gasteiger partial charge in [-0.05, 0) is 31.0 Å². The van der Waals surface area contributed by atoms with Gasteiger partial charge in [-0.15, -0.1) is 0 Å². The molecular formula is C16H16BrFN2O4. The molecule has 1 saturated heterocycles. The van der Waals surface area contributed by atoms with Crippen LogP contribution < -0.4 is 5.32 Å². The number of aliphatic carboxylic acids is 1. The highest BCUT2D eigenvalue weighted by molar-refractivity contribution is 9.10. The minimum absolute atomic E-state index is 0.116. The van der Waals surface area contributed by atoms with Crippen LogP contribution in [-0.4, -0.2) is 41.2 Å². The van der Waals surface area contributed by atoms with Crippen molar-refractivity contribution >= 4 is 38.7 Å². The van der Waals surface area contributed by atoms with E-state index in [1.165, 1.54) is 12.1 Å². The zero-order valence-electron chi connectivity index (χ0n) is 12.6. The zero-order chi connectivity index (χ0) is 17.3. The third-order valence-electron chi connectivity index (χ3n) is 4.12. The number of nitrogens with one attached hydrogen (secondary N) is 2. The summed E-state index contributed by atoms with van der Waals surface area (Å²) in [4.78, 5) is 26.7. The molecule has 0 radical (unpaired) electrons. The number of halogens is 2. The number of carboxylic acid groups (broad SMARTS) is 1. The summed E-state index contributed by atoms with van der Waals surface area (Å²) in [5, 5.41) is 12.2. The fourth-order valence-corrected chi connectivity index (χ4v) is 3.34. The molecule has 6 nitrogen and oxygen atoms in total. The van der Waals surface area contributed by atoms with Crippen LogP contribution in [-0.2, 0) is 9.53 Å². The van der Waals surface area contributed by atoms with Crippen LogP contribution in [0.15, 0.2) is 22.7 Å². The lowest BCUT2D eigenvalue weighted by molar-refractivity contribution is -0.142. The minimum atomic E-state index is -1.11. The van der Waals surface area contributed by atoms with Gasteiger partial charge in [0.15, 0.2) is 0 Å². The average Bonchev–Trinajstić information content (AvgIpc) is 2.97. The summed E-state index contributed by atoms with van der Waals surface area (Å²) in [7, 11) is 0. The van der Waals surface area contributed by atoms with E-state index in [4.69, 9.17) is 4.74 Å². The second kappa shape index (κ2) is 6.90. The molecule has 8 heteroatoms. The molecule has 2 aromatic rings. The van der Waals surface area contributed by atoms with Gasteiger partial charge in [0.2, 0.25) is 0 Å². The van der Waals surface area contributed by atoms with Crippen molar-refractivity contribution in [2.45, 2.75) is 18.9 Å². The Morgan fingerprint density at radius 3 is 2.88 bits per heavy atom. The van der Waals surface area contributed by atoms with E-state index in [-0.39, 0.29) is 17.0 Å². The van der Waals surface area contributed by atoms with E-state index < -0.39 is 23.7 Å². The van der Waals surface area contributed by atoms with E-state index in [0.29, 0.717) is 29.6 Å². The molecule has 0 spiro atoms. The van der Waals surface area contributed by atoms with Gasteiger partial charge in [-0.1, -0.05) is 15.9 Å². The number of ether oxygens (including phenoxy) is 1. The number of amides is 1. The molecule has 3 rings (SSSR count). The number of rotatable bonds is 4. The highest BCUT2D eigenvalue weighted by Gasteiger charge is 2.32. The van der Waals surface area contributed by atoms with Crippen molar-refractivity contribution in [3.05, 3.63) is 34.2 Å². The van der Waals surface area contributed by atoms with Crippen molar-refractivity contribution in [3.8, 4) is 0 Å². The van der Waals surface area contributed by atoms with E-state index in [0.717, 1.165) is 6.42 Å². The predicted octanol–water partition coefficient (Wildman–Crippen LogP) is 2.68. The zero-order valence-corrected chi connectivity index (χ0v) is 14.2. The fourth-order valence-electron chi connectivity index (χ4n) is 2.91. The summed E-state index contributed by atoms with van der Waals surface area (Å²) >= 11 is 3.19. The van der Waals surface area contributed by atoms with E-state index in [1.54, 1.807) is 6.07 Å². The first-order valence-corrected chi connectivity index (χ1v) is 8.34. The second-order valence-electron chi connectivity index (χ2n) is 5.80. The van der Waals surface area contributed by atoms with E-state index in [9.17, 15) is 19.1 Å². The van der Waals surface area contributed by atoms with Crippen LogP contribution in [0.25, 0.3) is 10.9 Å². The Morgan fingerprint density at radius 2 is 2.21 bits per heavy atom. The quantitative estimate of drug-likeness (QED) is 0.738. The van der Waals surface area contributed by atoms with Gasteiger partial charge in [0.05, 0.1) is 12.1 Å². The number of benzene rings is 1. The lowest BCUT2D eigenvalue weighted by Crippen LogP contribution is -2.48. The maximum Gasteiger partial charge on any atom is 0.326 e. The number of aromatic nitrogens is 1. The summed E-state index contributed by atoms with van der Waals surface area (Å²) in [6, 6.07) is 3.29. The smallest absolute Gasteiger partial charge is 0.326 e. The molecule has 1 amide bonds. The van der Waals surface area contributed by atoms with Gasteiger partial charge in [0.25, 0.3) is 5.91 Å². The number of fused-ring (bicyclic) bond motifs is 1.